The van der Waals surface area contributed by atoms with Crippen molar-refractivity contribution >= 4 is 28.7 Å². The normalized spacial score (nSPS) is 11.9. The molecule has 0 aliphatic carbocycles. The molecule has 0 unspecified atom stereocenters. The van der Waals surface area contributed by atoms with Gasteiger partial charge in [-0.2, -0.15) is 0 Å². The first-order valence-electron chi connectivity index (χ1n) is 9.57. The van der Waals surface area contributed by atoms with E-state index in [0.717, 1.165) is 21.4 Å². The molecule has 30 heavy (non-hydrogen) atoms. The lowest BCUT2D eigenvalue weighted by Gasteiger charge is -2.16. The molecule has 0 aliphatic rings. The van der Waals surface area contributed by atoms with E-state index < -0.39 is 10.9 Å². The van der Waals surface area contributed by atoms with Crippen LogP contribution in [0.25, 0.3) is 11.0 Å². The van der Waals surface area contributed by atoms with Gasteiger partial charge in [0.1, 0.15) is 17.4 Å². The Hall–Kier alpha value is -3.31. The van der Waals surface area contributed by atoms with Crippen LogP contribution < -0.4 is 5.63 Å². The highest BCUT2D eigenvalue weighted by Gasteiger charge is 2.24. The minimum absolute atomic E-state index is 0.00266. The molecule has 0 fully saturated rings. The van der Waals surface area contributed by atoms with E-state index >= 15 is 0 Å². The highest BCUT2D eigenvalue weighted by Crippen LogP contribution is 2.36. The predicted molar refractivity (Wildman–Crippen MR) is 118 cm³/mol. The first kappa shape index (κ1) is 20.0. The van der Waals surface area contributed by atoms with Gasteiger partial charge in [-0.1, -0.05) is 60.7 Å². The molecule has 0 amide bonds. The molecule has 0 radical (unpaired) electrons. The van der Waals surface area contributed by atoms with Crippen molar-refractivity contribution in [1.82, 2.24) is 0 Å². The number of aryl methyl sites for hydroxylation is 1. The fraction of sp³-hybridized carbons (Fsp3) is 0.120. The Balaban J connectivity index is 1.59. The summed E-state index contributed by atoms with van der Waals surface area (Å²) in [5.74, 6) is -0.358. The second-order valence-electron chi connectivity index (χ2n) is 6.92. The molecular weight excluding hydrogens is 396 g/mol. The summed E-state index contributed by atoms with van der Waals surface area (Å²) in [6.45, 7) is 1.93. The molecule has 4 nitrogen and oxygen atoms in total. The number of benzene rings is 3. The second kappa shape index (κ2) is 9.01. The molecule has 150 valence electrons. The Bertz CT molecular complexity index is 1220. The number of carbonyl (C=O) groups excluding carboxylic acids is 1. The summed E-state index contributed by atoms with van der Waals surface area (Å²) >= 11 is 1.44. The van der Waals surface area contributed by atoms with Crippen LogP contribution in [0.1, 0.15) is 21.9 Å². The summed E-state index contributed by atoms with van der Waals surface area (Å²) in [6.07, 6.45) is 0. The van der Waals surface area contributed by atoms with Gasteiger partial charge >= 0.3 is 11.6 Å². The SMILES string of the molecule is Cc1ccc2c(COC(=O)[C@H](Sc3ccccc3)c3ccccc3)cc(=O)oc2c1. The van der Waals surface area contributed by atoms with Crippen LogP contribution in [0, 0.1) is 6.92 Å². The van der Waals surface area contributed by atoms with Crippen molar-refractivity contribution in [2.75, 3.05) is 0 Å². The molecule has 1 aromatic heterocycles. The molecule has 5 heteroatoms. The molecule has 0 saturated carbocycles. The van der Waals surface area contributed by atoms with E-state index in [1.165, 1.54) is 17.8 Å². The maximum atomic E-state index is 13.1. The lowest BCUT2D eigenvalue weighted by atomic mass is 10.1. The van der Waals surface area contributed by atoms with Crippen LogP contribution in [0.3, 0.4) is 0 Å². The van der Waals surface area contributed by atoms with Crippen molar-refractivity contribution in [2.24, 2.45) is 0 Å². The van der Waals surface area contributed by atoms with E-state index in [2.05, 4.69) is 0 Å². The summed E-state index contributed by atoms with van der Waals surface area (Å²) in [4.78, 5) is 26.0. The summed E-state index contributed by atoms with van der Waals surface area (Å²) in [6, 6.07) is 26.3. The zero-order chi connectivity index (χ0) is 20.9. The molecule has 3 aromatic carbocycles. The largest absolute Gasteiger partial charge is 0.460 e. The summed E-state index contributed by atoms with van der Waals surface area (Å²) in [5.41, 5.74) is 2.52. The van der Waals surface area contributed by atoms with Gasteiger partial charge in [0.2, 0.25) is 0 Å². The lowest BCUT2D eigenvalue weighted by Crippen LogP contribution is -2.14. The first-order chi connectivity index (χ1) is 14.6. The standard InChI is InChI=1S/C25H20O4S/c1-17-12-13-21-19(15-23(26)29-22(21)14-17)16-28-25(27)24(18-8-4-2-5-9-18)30-20-10-6-3-7-11-20/h2-15,24H,16H2,1H3/t24-/m1/s1. The van der Waals surface area contributed by atoms with Crippen molar-refractivity contribution in [3.05, 3.63) is 112 Å². The smallest absolute Gasteiger partial charge is 0.336 e. The summed E-state index contributed by atoms with van der Waals surface area (Å²) in [5, 5.41) is 0.252. The van der Waals surface area contributed by atoms with E-state index in [9.17, 15) is 9.59 Å². The molecule has 0 bridgehead atoms. The van der Waals surface area contributed by atoms with Gasteiger partial charge in [-0.3, -0.25) is 4.79 Å². The number of carbonyl (C=O) groups is 1. The van der Waals surface area contributed by atoms with Gasteiger partial charge in [0.05, 0.1) is 0 Å². The van der Waals surface area contributed by atoms with Gasteiger partial charge in [0, 0.05) is 21.9 Å². The van der Waals surface area contributed by atoms with E-state index in [4.69, 9.17) is 9.15 Å². The number of rotatable bonds is 6. The third-order valence-corrected chi connectivity index (χ3v) is 5.91. The number of hydrogen-bond donors (Lipinski definition) is 0. The summed E-state index contributed by atoms with van der Waals surface area (Å²) < 4.78 is 11.0. The molecule has 0 saturated heterocycles. The van der Waals surface area contributed by atoms with Crippen molar-refractivity contribution in [1.29, 1.82) is 0 Å². The number of ether oxygens (including phenoxy) is 1. The van der Waals surface area contributed by atoms with Crippen LogP contribution in [-0.4, -0.2) is 5.97 Å². The molecule has 4 aromatic rings. The average Bonchev–Trinajstić information content (AvgIpc) is 2.76. The van der Waals surface area contributed by atoms with Crippen molar-refractivity contribution in [3.63, 3.8) is 0 Å². The fourth-order valence-corrected chi connectivity index (χ4v) is 4.24. The molecule has 0 spiro atoms. The average molecular weight is 416 g/mol. The van der Waals surface area contributed by atoms with E-state index in [1.54, 1.807) is 6.07 Å². The Morgan fingerprint density at radius 2 is 1.67 bits per heavy atom. The second-order valence-corrected chi connectivity index (χ2v) is 8.10. The molecule has 1 atom stereocenters. The Morgan fingerprint density at radius 1 is 0.967 bits per heavy atom. The molecule has 0 N–H and O–H groups in total. The molecular formula is C25H20O4S. The van der Waals surface area contributed by atoms with Crippen LogP contribution in [-0.2, 0) is 16.1 Å². The lowest BCUT2D eigenvalue weighted by molar-refractivity contribution is -0.144. The Labute approximate surface area is 178 Å². The van der Waals surface area contributed by atoms with Crippen LogP contribution in [0.2, 0.25) is 0 Å². The first-order valence-corrected chi connectivity index (χ1v) is 10.4. The maximum Gasteiger partial charge on any atom is 0.336 e. The highest BCUT2D eigenvalue weighted by atomic mass is 32.2. The van der Waals surface area contributed by atoms with Gasteiger partial charge in [-0.15, -0.1) is 11.8 Å². The number of fused-ring (bicyclic) bond motifs is 1. The zero-order valence-electron chi connectivity index (χ0n) is 16.4. The number of esters is 1. The van der Waals surface area contributed by atoms with Crippen LogP contribution in [0.5, 0.6) is 0 Å². The quantitative estimate of drug-likeness (QED) is 0.230. The fourth-order valence-electron chi connectivity index (χ4n) is 3.20. The third kappa shape index (κ3) is 4.63. The Morgan fingerprint density at radius 3 is 2.40 bits per heavy atom. The minimum atomic E-state index is -0.512. The van der Waals surface area contributed by atoms with Gasteiger partial charge in [-0.05, 0) is 36.2 Å². The highest BCUT2D eigenvalue weighted by molar-refractivity contribution is 8.00. The minimum Gasteiger partial charge on any atom is -0.460 e. The number of thioether (sulfide) groups is 1. The van der Waals surface area contributed by atoms with Gasteiger partial charge < -0.3 is 9.15 Å². The topological polar surface area (TPSA) is 56.5 Å². The van der Waals surface area contributed by atoms with E-state index in [0.29, 0.717) is 11.1 Å². The molecule has 1 heterocycles. The molecule has 0 aliphatic heterocycles. The zero-order valence-corrected chi connectivity index (χ0v) is 17.2. The van der Waals surface area contributed by atoms with Gasteiger partial charge in [0.15, 0.2) is 0 Å². The maximum absolute atomic E-state index is 13.1. The van der Waals surface area contributed by atoms with Crippen LogP contribution in [0.4, 0.5) is 0 Å². The van der Waals surface area contributed by atoms with Crippen molar-refractivity contribution in [2.45, 2.75) is 23.7 Å². The van der Waals surface area contributed by atoms with Crippen molar-refractivity contribution in [3.8, 4) is 0 Å². The van der Waals surface area contributed by atoms with Crippen molar-refractivity contribution < 1.29 is 13.9 Å². The van der Waals surface area contributed by atoms with E-state index in [-0.39, 0.29) is 12.6 Å². The summed E-state index contributed by atoms with van der Waals surface area (Å²) in [7, 11) is 0. The molecule has 4 rings (SSSR count). The third-order valence-electron chi connectivity index (χ3n) is 4.67. The van der Waals surface area contributed by atoms with Crippen LogP contribution in [0.15, 0.2) is 99.0 Å². The van der Waals surface area contributed by atoms with Gasteiger partial charge in [-0.25, -0.2) is 4.79 Å². The predicted octanol–water partition coefficient (Wildman–Crippen LogP) is 5.68. The van der Waals surface area contributed by atoms with E-state index in [1.807, 2.05) is 79.7 Å². The van der Waals surface area contributed by atoms with Gasteiger partial charge in [0.25, 0.3) is 0 Å². The number of hydrogen-bond acceptors (Lipinski definition) is 5. The Kier molecular flexibility index (Phi) is 6.00. The van der Waals surface area contributed by atoms with Crippen LogP contribution >= 0.6 is 11.8 Å². The monoisotopic (exact) mass is 416 g/mol.